The van der Waals surface area contributed by atoms with Gasteiger partial charge in [0, 0.05) is 18.7 Å². The van der Waals surface area contributed by atoms with E-state index in [4.69, 9.17) is 9.47 Å². The van der Waals surface area contributed by atoms with E-state index in [2.05, 4.69) is 4.90 Å². The zero-order valence-corrected chi connectivity index (χ0v) is 14.0. The number of ketones is 1. The van der Waals surface area contributed by atoms with Gasteiger partial charge in [-0.05, 0) is 36.8 Å². The van der Waals surface area contributed by atoms with Crippen LogP contribution in [0.25, 0.3) is 0 Å². The molecule has 0 spiro atoms. The maximum atomic E-state index is 13.2. The largest absolute Gasteiger partial charge is 0.494 e. The van der Waals surface area contributed by atoms with Gasteiger partial charge in [0.25, 0.3) is 0 Å². The van der Waals surface area contributed by atoms with Crippen molar-refractivity contribution in [3.63, 3.8) is 0 Å². The van der Waals surface area contributed by atoms with Gasteiger partial charge < -0.3 is 9.47 Å². The lowest BCUT2D eigenvalue weighted by atomic mass is 9.95. The fourth-order valence-electron chi connectivity index (χ4n) is 3.04. The number of nitrogens with zero attached hydrogens (tertiary/aromatic N) is 1. The fraction of sp³-hybridized carbons (Fsp3) is 0.350. The third-order valence-corrected chi connectivity index (χ3v) is 4.22. The summed E-state index contributed by atoms with van der Waals surface area (Å²) in [6, 6.07) is 17.1. The highest BCUT2D eigenvalue weighted by molar-refractivity contribution is 6.00. The summed E-state index contributed by atoms with van der Waals surface area (Å²) >= 11 is 0. The molecule has 4 heteroatoms. The Kier molecular flexibility index (Phi) is 5.62. The highest BCUT2D eigenvalue weighted by Crippen LogP contribution is 2.27. The Balaban J connectivity index is 1.87. The second kappa shape index (κ2) is 8.08. The molecule has 1 heterocycles. The lowest BCUT2D eigenvalue weighted by Gasteiger charge is -2.33. The molecule has 0 amide bonds. The van der Waals surface area contributed by atoms with Gasteiger partial charge in [-0.15, -0.1) is 0 Å². The number of benzene rings is 2. The van der Waals surface area contributed by atoms with Crippen LogP contribution in [-0.4, -0.2) is 43.6 Å². The summed E-state index contributed by atoms with van der Waals surface area (Å²) in [4.78, 5) is 15.4. The molecule has 1 aliphatic heterocycles. The molecule has 0 radical (unpaired) electrons. The molecule has 126 valence electrons. The lowest BCUT2D eigenvalue weighted by molar-refractivity contribution is 0.0172. The Bertz CT molecular complexity index is 648. The van der Waals surface area contributed by atoms with Gasteiger partial charge in [0.1, 0.15) is 5.75 Å². The van der Waals surface area contributed by atoms with E-state index >= 15 is 0 Å². The van der Waals surface area contributed by atoms with Crippen LogP contribution in [0.4, 0.5) is 0 Å². The van der Waals surface area contributed by atoms with Crippen molar-refractivity contribution < 1.29 is 14.3 Å². The van der Waals surface area contributed by atoms with E-state index in [1.807, 2.05) is 61.5 Å². The van der Waals surface area contributed by atoms with E-state index in [1.54, 1.807) is 0 Å². The van der Waals surface area contributed by atoms with Crippen LogP contribution in [0.2, 0.25) is 0 Å². The standard InChI is InChI=1S/C20H23NO3/c1-2-24-18-10-8-17(9-11-18)20(22)19(16-6-4-3-5-7-16)21-12-14-23-15-13-21/h3-11,19H,2,12-15H2,1H3/t19-/m0/s1. The first-order valence-corrected chi connectivity index (χ1v) is 8.43. The Morgan fingerprint density at radius 2 is 1.75 bits per heavy atom. The minimum Gasteiger partial charge on any atom is -0.494 e. The van der Waals surface area contributed by atoms with Crippen LogP contribution < -0.4 is 4.74 Å². The molecular formula is C20H23NO3. The molecule has 0 aliphatic carbocycles. The molecular weight excluding hydrogens is 302 g/mol. The van der Waals surface area contributed by atoms with Gasteiger partial charge in [0.05, 0.1) is 25.9 Å². The summed E-state index contributed by atoms with van der Waals surface area (Å²) in [6.45, 7) is 5.43. The Morgan fingerprint density at radius 1 is 1.08 bits per heavy atom. The van der Waals surface area contributed by atoms with Gasteiger partial charge in [-0.3, -0.25) is 9.69 Å². The number of hydrogen-bond donors (Lipinski definition) is 0. The highest BCUT2D eigenvalue weighted by atomic mass is 16.5. The van der Waals surface area contributed by atoms with Crippen molar-refractivity contribution in [3.8, 4) is 5.75 Å². The van der Waals surface area contributed by atoms with Gasteiger partial charge in [-0.1, -0.05) is 30.3 Å². The quantitative estimate of drug-likeness (QED) is 0.764. The van der Waals surface area contributed by atoms with Gasteiger partial charge >= 0.3 is 0 Å². The first kappa shape index (κ1) is 16.7. The topological polar surface area (TPSA) is 38.8 Å². The molecule has 0 bridgehead atoms. The number of hydrogen-bond acceptors (Lipinski definition) is 4. The minimum absolute atomic E-state index is 0.117. The van der Waals surface area contributed by atoms with Gasteiger partial charge in [0.2, 0.25) is 0 Å². The molecule has 0 saturated carbocycles. The molecule has 0 aromatic heterocycles. The average molecular weight is 325 g/mol. The van der Waals surface area contributed by atoms with Crippen molar-refractivity contribution in [2.45, 2.75) is 13.0 Å². The number of rotatable bonds is 6. The molecule has 0 unspecified atom stereocenters. The van der Waals surface area contributed by atoms with E-state index < -0.39 is 0 Å². The molecule has 1 fully saturated rings. The van der Waals surface area contributed by atoms with E-state index in [0.29, 0.717) is 25.4 Å². The molecule has 3 rings (SSSR count). The summed E-state index contributed by atoms with van der Waals surface area (Å²) < 4.78 is 10.9. The van der Waals surface area contributed by atoms with Crippen molar-refractivity contribution >= 4 is 5.78 Å². The molecule has 1 aliphatic rings. The number of carbonyl (C=O) groups excluding carboxylic acids is 1. The average Bonchev–Trinajstić information content (AvgIpc) is 2.64. The predicted molar refractivity (Wildman–Crippen MR) is 93.5 cm³/mol. The molecule has 4 nitrogen and oxygen atoms in total. The van der Waals surface area contributed by atoms with Gasteiger partial charge in [-0.2, -0.15) is 0 Å². The second-order valence-electron chi connectivity index (χ2n) is 5.78. The van der Waals surface area contributed by atoms with Crippen LogP contribution in [0.15, 0.2) is 54.6 Å². The first-order chi connectivity index (χ1) is 11.8. The van der Waals surface area contributed by atoms with E-state index in [1.165, 1.54) is 0 Å². The van der Waals surface area contributed by atoms with E-state index in [-0.39, 0.29) is 11.8 Å². The van der Waals surface area contributed by atoms with Crippen molar-refractivity contribution in [3.05, 3.63) is 65.7 Å². The Labute approximate surface area is 143 Å². The zero-order valence-electron chi connectivity index (χ0n) is 14.0. The van der Waals surface area contributed by atoms with Crippen molar-refractivity contribution in [1.82, 2.24) is 4.90 Å². The van der Waals surface area contributed by atoms with Crippen molar-refractivity contribution in [1.29, 1.82) is 0 Å². The third kappa shape index (κ3) is 3.83. The lowest BCUT2D eigenvalue weighted by Crippen LogP contribution is -2.42. The maximum absolute atomic E-state index is 13.2. The normalized spacial score (nSPS) is 16.5. The van der Waals surface area contributed by atoms with Crippen LogP contribution in [0.1, 0.15) is 28.9 Å². The van der Waals surface area contributed by atoms with Gasteiger partial charge in [0.15, 0.2) is 5.78 Å². The van der Waals surface area contributed by atoms with E-state index in [9.17, 15) is 4.79 Å². The predicted octanol–water partition coefficient (Wildman–Crippen LogP) is 3.34. The summed E-state index contributed by atoms with van der Waals surface area (Å²) in [6.07, 6.45) is 0. The van der Waals surface area contributed by atoms with Crippen LogP contribution in [0, 0.1) is 0 Å². The summed E-state index contributed by atoms with van der Waals surface area (Å²) in [7, 11) is 0. The zero-order chi connectivity index (χ0) is 16.8. The molecule has 2 aromatic rings. The maximum Gasteiger partial charge on any atom is 0.184 e. The fourth-order valence-corrected chi connectivity index (χ4v) is 3.04. The van der Waals surface area contributed by atoms with Crippen molar-refractivity contribution in [2.24, 2.45) is 0 Å². The third-order valence-electron chi connectivity index (χ3n) is 4.22. The Hall–Kier alpha value is -2.17. The summed E-state index contributed by atoms with van der Waals surface area (Å²) in [5.41, 5.74) is 1.73. The molecule has 1 saturated heterocycles. The number of ether oxygens (including phenoxy) is 2. The molecule has 0 N–H and O–H groups in total. The molecule has 24 heavy (non-hydrogen) atoms. The second-order valence-corrected chi connectivity index (χ2v) is 5.78. The Morgan fingerprint density at radius 3 is 2.38 bits per heavy atom. The number of carbonyl (C=O) groups is 1. The summed E-state index contributed by atoms with van der Waals surface area (Å²) in [5, 5.41) is 0. The minimum atomic E-state index is -0.270. The number of morpholine rings is 1. The van der Waals surface area contributed by atoms with Crippen LogP contribution in [0.5, 0.6) is 5.75 Å². The molecule has 2 aromatic carbocycles. The summed E-state index contributed by atoms with van der Waals surface area (Å²) in [5.74, 6) is 0.905. The SMILES string of the molecule is CCOc1ccc(C(=O)[C@H](c2ccccc2)N2CCOCC2)cc1. The highest BCUT2D eigenvalue weighted by Gasteiger charge is 2.29. The number of Topliss-reactive ketones (excluding diaryl/α,β-unsaturated/α-hetero) is 1. The monoisotopic (exact) mass is 325 g/mol. The van der Waals surface area contributed by atoms with Crippen LogP contribution in [-0.2, 0) is 4.74 Å². The van der Waals surface area contributed by atoms with Crippen molar-refractivity contribution in [2.75, 3.05) is 32.9 Å². The van der Waals surface area contributed by atoms with Gasteiger partial charge in [-0.25, -0.2) is 0 Å². The first-order valence-electron chi connectivity index (χ1n) is 8.43. The van der Waals surface area contributed by atoms with Crippen LogP contribution >= 0.6 is 0 Å². The van der Waals surface area contributed by atoms with Crippen LogP contribution in [0.3, 0.4) is 0 Å². The molecule has 1 atom stereocenters. The van der Waals surface area contributed by atoms with E-state index in [0.717, 1.165) is 24.4 Å². The smallest absolute Gasteiger partial charge is 0.184 e.